The molecule has 550 valence electrons. The molecule has 0 bridgehead atoms. The summed E-state index contributed by atoms with van der Waals surface area (Å²) in [6.07, 6.45) is -9.06. The Labute approximate surface area is 603 Å². The number of anilines is 2. The summed E-state index contributed by atoms with van der Waals surface area (Å²) in [6.45, 7) is 22.4. The third-order valence-corrected chi connectivity index (χ3v) is 16.6. The van der Waals surface area contributed by atoms with Gasteiger partial charge in [0.05, 0.1) is 34.3 Å². The van der Waals surface area contributed by atoms with E-state index in [4.69, 9.17) is 14.9 Å². The molecule has 8 aromatic rings. The molecule has 4 heterocycles. The Morgan fingerprint density at radius 1 is 0.567 bits per heavy atom. The first-order chi connectivity index (χ1) is 48.7. The van der Waals surface area contributed by atoms with Crippen LogP contribution in [-0.2, 0) is 36.7 Å². The largest absolute Gasteiger partial charge is 0.573 e. The molecule has 24 nitrogen and oxygen atoms in total. The van der Waals surface area contributed by atoms with Gasteiger partial charge in [0.2, 0.25) is 11.8 Å². The molecule has 2 atom stereocenters. The number of carbonyl (C=O) groups excluding carboxylic acids is 5. The second-order valence-corrected chi connectivity index (χ2v) is 28.2. The van der Waals surface area contributed by atoms with Gasteiger partial charge >= 0.3 is 36.9 Å². The topological polar surface area (TPSA) is 300 Å². The van der Waals surface area contributed by atoms with Crippen LogP contribution < -0.4 is 35.2 Å². The molecule has 0 spiro atoms. The average Bonchev–Trinajstić information content (AvgIpc) is 1.59. The molecular weight excluding hydrogens is 1400 g/mol. The van der Waals surface area contributed by atoms with E-state index in [0.29, 0.717) is 62.2 Å². The van der Waals surface area contributed by atoms with Gasteiger partial charge in [0.15, 0.2) is 22.0 Å². The summed E-state index contributed by atoms with van der Waals surface area (Å²) in [5, 5.41) is 34.4. The summed E-state index contributed by atoms with van der Waals surface area (Å²) in [5.41, 5.74) is 7.74. The van der Waals surface area contributed by atoms with E-state index in [9.17, 15) is 60.2 Å². The number of hydrogen-bond acceptors (Lipinski definition) is 17. The van der Waals surface area contributed by atoms with Gasteiger partial charge in [-0.25, -0.2) is 38.5 Å². The highest BCUT2D eigenvalue weighted by molar-refractivity contribution is 8.15. The van der Waals surface area contributed by atoms with Gasteiger partial charge in [0.25, 0.3) is 0 Å². The molecule has 2 saturated heterocycles. The highest BCUT2D eigenvalue weighted by Crippen LogP contribution is 2.36. The number of amidine groups is 2. The van der Waals surface area contributed by atoms with Crippen molar-refractivity contribution in [3.8, 4) is 45.6 Å². The number of carboxylic acid groups (broad SMARTS) is 1. The molecule has 5 N–H and O–H groups in total. The van der Waals surface area contributed by atoms with Crippen LogP contribution in [0.2, 0.25) is 0 Å². The first kappa shape index (κ1) is 79.0. The minimum absolute atomic E-state index is 0.00694. The van der Waals surface area contributed by atoms with Crippen molar-refractivity contribution in [2.24, 2.45) is 4.99 Å². The van der Waals surface area contributed by atoms with Gasteiger partial charge in [-0.1, -0.05) is 124 Å². The lowest BCUT2D eigenvalue weighted by Gasteiger charge is -2.24. The zero-order valence-corrected chi connectivity index (χ0v) is 60.3. The number of aromatic nitrogens is 6. The number of halogens is 6. The fourth-order valence-electron chi connectivity index (χ4n) is 10.2. The summed E-state index contributed by atoms with van der Waals surface area (Å²) in [4.78, 5) is 90.3. The Bertz CT molecular complexity index is 4410. The van der Waals surface area contributed by atoms with Crippen molar-refractivity contribution >= 4 is 81.2 Å². The summed E-state index contributed by atoms with van der Waals surface area (Å²) >= 11 is 2.45. The normalized spacial score (nSPS) is 14.3. The highest BCUT2D eigenvalue weighted by atomic mass is 32.2. The van der Waals surface area contributed by atoms with E-state index in [1.54, 1.807) is 90.1 Å². The number of rotatable bonds is 18. The molecule has 0 aliphatic carbocycles. The fourth-order valence-corrected chi connectivity index (χ4v) is 11.7. The van der Waals surface area contributed by atoms with Crippen LogP contribution in [0.25, 0.3) is 34.2 Å². The third-order valence-electron chi connectivity index (χ3n) is 14.8. The number of aliphatic carboxylic acids is 1. The molecule has 2 fully saturated rings. The predicted molar refractivity (Wildman–Crippen MR) is 382 cm³/mol. The molecule has 10 rings (SSSR count). The van der Waals surface area contributed by atoms with E-state index in [-0.39, 0.29) is 53.0 Å². The van der Waals surface area contributed by atoms with Gasteiger partial charge in [-0.15, -0.1) is 36.5 Å². The zero-order valence-electron chi connectivity index (χ0n) is 58.6. The van der Waals surface area contributed by atoms with Crippen molar-refractivity contribution in [3.63, 3.8) is 0 Å². The number of nitrogens with zero attached hydrogens (tertiary/aromatic N) is 9. The number of amides is 6. The van der Waals surface area contributed by atoms with Crippen LogP contribution in [-0.4, -0.2) is 129 Å². The van der Waals surface area contributed by atoms with E-state index in [2.05, 4.69) is 76.6 Å². The van der Waals surface area contributed by atoms with Crippen molar-refractivity contribution in [2.45, 2.75) is 144 Å². The number of aliphatic imine (C=N–C) groups is 1. The number of hydrogen-bond donors (Lipinski definition) is 5. The SMILES string of the molecule is CC(C)(C)OC(=O)NC(Cc1ccc(-c2ncn(-c3ccc(OC(F)(F)F)cc3)n2)cc1)C(=O)O.Cc1ccc(C(C)C)c(N2C(=N)SCC2=O)c1.Cc1ccc(C(C)C)c(N2C(=O)CSC2=NC(=O)NC(Cc2ccc(-c3ncn(-c4ccc(OC(F)(F)F)cc4)n3)cc2)NC(=O)OC(C)(C)C)c1. The van der Waals surface area contributed by atoms with Gasteiger partial charge in [-0.3, -0.25) is 24.8 Å². The molecule has 32 heteroatoms. The summed E-state index contributed by atoms with van der Waals surface area (Å²) < 4.78 is 95.6. The van der Waals surface area contributed by atoms with E-state index >= 15 is 0 Å². The molecule has 2 aliphatic heterocycles. The van der Waals surface area contributed by atoms with Crippen molar-refractivity contribution in [1.82, 2.24) is 45.5 Å². The van der Waals surface area contributed by atoms with Gasteiger partial charge in [-0.05, 0) is 161 Å². The number of nitrogens with one attached hydrogen (secondary N) is 4. The number of aryl methyl sites for hydroxylation is 2. The van der Waals surface area contributed by atoms with E-state index in [1.165, 1.54) is 92.1 Å². The Morgan fingerprint density at radius 3 is 1.38 bits per heavy atom. The average molecular weight is 1480 g/mol. The van der Waals surface area contributed by atoms with Gasteiger partial charge in [0.1, 0.15) is 47.6 Å². The molecule has 2 aliphatic rings. The maximum atomic E-state index is 13.4. The molecule has 2 aromatic heterocycles. The Kier molecular flexibility index (Phi) is 25.5. The number of carboxylic acids is 1. The zero-order chi connectivity index (χ0) is 76.2. The summed E-state index contributed by atoms with van der Waals surface area (Å²) in [6, 6.07) is 34.2. The lowest BCUT2D eigenvalue weighted by molar-refractivity contribution is -0.275. The highest BCUT2D eigenvalue weighted by Gasteiger charge is 2.36. The molecule has 104 heavy (non-hydrogen) atoms. The minimum Gasteiger partial charge on any atom is -0.480 e. The first-order valence-corrected chi connectivity index (χ1v) is 34.3. The van der Waals surface area contributed by atoms with Crippen molar-refractivity contribution in [3.05, 3.63) is 179 Å². The van der Waals surface area contributed by atoms with Crippen molar-refractivity contribution in [2.75, 3.05) is 21.3 Å². The van der Waals surface area contributed by atoms with Crippen LogP contribution in [0, 0.1) is 19.3 Å². The Morgan fingerprint density at radius 2 is 0.981 bits per heavy atom. The van der Waals surface area contributed by atoms with Crippen LogP contribution in [0.1, 0.15) is 114 Å². The van der Waals surface area contributed by atoms with Crippen LogP contribution in [0.3, 0.4) is 0 Å². The van der Waals surface area contributed by atoms with Gasteiger partial charge in [0, 0.05) is 24.0 Å². The molecule has 2 unspecified atom stereocenters. The molecule has 0 radical (unpaired) electrons. The van der Waals surface area contributed by atoms with Crippen LogP contribution in [0.5, 0.6) is 11.5 Å². The maximum absolute atomic E-state index is 13.4. The fraction of sp³-hybridized carbons (Fsp3) is 0.333. The second kappa shape index (κ2) is 33.6. The monoisotopic (exact) mass is 1480 g/mol. The lowest BCUT2D eigenvalue weighted by atomic mass is 9.99. The third kappa shape index (κ3) is 23.1. The van der Waals surface area contributed by atoms with Crippen molar-refractivity contribution in [1.29, 1.82) is 5.41 Å². The van der Waals surface area contributed by atoms with E-state index < -0.39 is 60.3 Å². The molecule has 6 amide bonds. The Balaban J connectivity index is 0.000000224. The number of benzene rings is 6. The van der Waals surface area contributed by atoms with Crippen LogP contribution >= 0.6 is 23.5 Å². The number of thioether (sulfide) groups is 2. The van der Waals surface area contributed by atoms with Crippen LogP contribution in [0.4, 0.5) is 52.1 Å². The number of alkyl carbamates (subject to hydrolysis) is 2. The summed E-state index contributed by atoms with van der Waals surface area (Å²) in [7, 11) is 0. The second-order valence-electron chi connectivity index (χ2n) is 26.3. The first-order valence-electron chi connectivity index (χ1n) is 32.3. The van der Waals surface area contributed by atoms with Gasteiger partial charge in [-0.2, -0.15) is 4.99 Å². The molecule has 0 saturated carbocycles. The number of carbonyl (C=O) groups is 6. The predicted octanol–water partition coefficient (Wildman–Crippen LogP) is 15.0. The van der Waals surface area contributed by atoms with Crippen molar-refractivity contribution < 1.29 is 79.2 Å². The Hall–Kier alpha value is -10.8. The maximum Gasteiger partial charge on any atom is 0.573 e. The quantitative estimate of drug-likeness (QED) is 0.0394. The number of alkyl halides is 6. The standard InChI is InChI=1S/C36H38F3N7O5S.C23H23F3N4O5.C13H16N2OS/c1-21(2)27-16-7-22(3)17-28(27)46-30(47)19-52-33(46)43-32(48)41-29(42-34(49)51-35(4,5)6)18-23-8-10-24(11-9-23)31-40-20-45(44-31)25-12-14-26(15-13-25)50-36(37,38)39;1-22(2,3)35-21(33)28-18(20(31)32)12-14-4-6-15(7-5-14)19-27-13-30(29-19)16-8-10-17(11-9-16)34-23(24,25)26;1-8(2)10-5-4-9(3)6-11(10)15-12(16)7-17-13(15)14/h7-17,20-21,29H,18-19H2,1-6H3,(H,41,48)(H,42,49);4-11,13,18H,12H2,1-3H3,(H,28,33)(H,31,32);4-6,8,14H,7H2,1-3H3. The van der Waals surface area contributed by atoms with Crippen LogP contribution in [0.15, 0.2) is 151 Å². The van der Waals surface area contributed by atoms with Gasteiger partial charge < -0.3 is 40.0 Å². The van der Waals surface area contributed by atoms with E-state index in [1.807, 2.05) is 52.0 Å². The smallest absolute Gasteiger partial charge is 0.480 e. The number of ether oxygens (including phenoxy) is 4. The lowest BCUT2D eigenvalue weighted by Crippen LogP contribution is -2.50. The minimum atomic E-state index is -4.79. The molecule has 6 aromatic carbocycles. The van der Waals surface area contributed by atoms with E-state index in [0.717, 1.165) is 45.3 Å². The molecular formula is C72H77F6N13O11S2. The summed E-state index contributed by atoms with van der Waals surface area (Å²) in [5.74, 6) is -0.413. The number of urea groups is 1.